The molecular formula is C13H13N3O2. The minimum absolute atomic E-state index is 0.179. The molecule has 5 heteroatoms. The fourth-order valence-corrected chi connectivity index (χ4v) is 1.42. The van der Waals surface area contributed by atoms with Crippen molar-refractivity contribution in [2.24, 2.45) is 0 Å². The first-order valence-electron chi connectivity index (χ1n) is 5.44. The lowest BCUT2D eigenvalue weighted by atomic mass is 10.2. The second-order valence-corrected chi connectivity index (χ2v) is 3.64. The highest BCUT2D eigenvalue weighted by molar-refractivity contribution is 5.97. The molecule has 1 aromatic heterocycles. The van der Waals surface area contributed by atoms with E-state index in [1.165, 1.54) is 6.20 Å². The standard InChI is InChI=1S/C13H13N3O2/c14-12-11(7-4-8-15-12)13(17)16-18-9-10-5-2-1-3-6-10/h1-8H,9H2,(H2,14,15)(H,16,17). The van der Waals surface area contributed by atoms with E-state index in [-0.39, 0.29) is 5.82 Å². The van der Waals surface area contributed by atoms with E-state index in [1.54, 1.807) is 12.1 Å². The van der Waals surface area contributed by atoms with Crippen LogP contribution in [0.15, 0.2) is 48.7 Å². The Balaban J connectivity index is 1.88. The van der Waals surface area contributed by atoms with Gasteiger partial charge in [-0.3, -0.25) is 9.63 Å². The molecule has 0 radical (unpaired) electrons. The van der Waals surface area contributed by atoms with Crippen LogP contribution in [0.25, 0.3) is 0 Å². The zero-order valence-electron chi connectivity index (χ0n) is 9.67. The molecule has 0 aliphatic heterocycles. The first-order valence-corrected chi connectivity index (χ1v) is 5.44. The molecule has 0 fully saturated rings. The Morgan fingerprint density at radius 2 is 2.00 bits per heavy atom. The molecule has 92 valence electrons. The van der Waals surface area contributed by atoms with E-state index in [9.17, 15) is 4.79 Å². The third kappa shape index (κ3) is 3.05. The van der Waals surface area contributed by atoms with Gasteiger partial charge in [0.2, 0.25) is 0 Å². The van der Waals surface area contributed by atoms with Gasteiger partial charge in [-0.05, 0) is 17.7 Å². The molecule has 0 spiro atoms. The number of hydrogen-bond donors (Lipinski definition) is 2. The third-order valence-corrected chi connectivity index (χ3v) is 2.33. The Hall–Kier alpha value is -2.40. The first-order chi connectivity index (χ1) is 8.77. The summed E-state index contributed by atoms with van der Waals surface area (Å²) in [7, 11) is 0. The molecule has 0 atom stereocenters. The molecule has 5 nitrogen and oxygen atoms in total. The summed E-state index contributed by atoms with van der Waals surface area (Å²) in [6, 6.07) is 12.8. The zero-order valence-corrected chi connectivity index (χ0v) is 9.67. The molecule has 0 unspecified atom stereocenters. The van der Waals surface area contributed by atoms with Gasteiger partial charge in [-0.1, -0.05) is 30.3 Å². The largest absolute Gasteiger partial charge is 0.383 e. The summed E-state index contributed by atoms with van der Waals surface area (Å²) in [4.78, 5) is 20.6. The number of aromatic nitrogens is 1. The fraction of sp³-hybridized carbons (Fsp3) is 0.0769. The number of rotatable bonds is 4. The number of amides is 1. The molecule has 0 aliphatic rings. The first kappa shape index (κ1) is 12.1. The summed E-state index contributed by atoms with van der Waals surface area (Å²) in [6.07, 6.45) is 1.52. The molecule has 0 bridgehead atoms. The van der Waals surface area contributed by atoms with E-state index >= 15 is 0 Å². The van der Waals surface area contributed by atoms with Crippen LogP contribution >= 0.6 is 0 Å². The second kappa shape index (κ2) is 5.79. The summed E-state index contributed by atoms with van der Waals surface area (Å²) < 4.78 is 0. The van der Waals surface area contributed by atoms with Crippen LogP contribution < -0.4 is 11.2 Å². The molecular weight excluding hydrogens is 230 g/mol. The van der Waals surface area contributed by atoms with Crippen LogP contribution in [0, 0.1) is 0 Å². The van der Waals surface area contributed by atoms with Crippen LogP contribution in [0.4, 0.5) is 5.82 Å². The van der Waals surface area contributed by atoms with Crippen LogP contribution in [0.2, 0.25) is 0 Å². The van der Waals surface area contributed by atoms with Crippen molar-refractivity contribution < 1.29 is 9.63 Å². The summed E-state index contributed by atoms with van der Waals surface area (Å²) in [5.74, 6) is -0.227. The highest BCUT2D eigenvalue weighted by atomic mass is 16.6. The van der Waals surface area contributed by atoms with Gasteiger partial charge in [-0.15, -0.1) is 0 Å². The van der Waals surface area contributed by atoms with Gasteiger partial charge in [0.1, 0.15) is 5.82 Å². The van der Waals surface area contributed by atoms with E-state index in [4.69, 9.17) is 10.6 Å². The number of carbonyl (C=O) groups is 1. The maximum atomic E-state index is 11.7. The van der Waals surface area contributed by atoms with Crippen LogP contribution in [-0.4, -0.2) is 10.9 Å². The van der Waals surface area contributed by atoms with Crippen molar-refractivity contribution in [3.05, 3.63) is 59.8 Å². The molecule has 18 heavy (non-hydrogen) atoms. The number of nitrogens with one attached hydrogen (secondary N) is 1. The summed E-state index contributed by atoms with van der Waals surface area (Å²) >= 11 is 0. The number of pyridine rings is 1. The van der Waals surface area contributed by atoms with Crippen molar-refractivity contribution in [2.45, 2.75) is 6.61 Å². The van der Waals surface area contributed by atoms with Gasteiger partial charge in [-0.25, -0.2) is 10.5 Å². The van der Waals surface area contributed by atoms with Gasteiger partial charge in [-0.2, -0.15) is 0 Å². The quantitative estimate of drug-likeness (QED) is 0.798. The van der Waals surface area contributed by atoms with Crippen LogP contribution in [-0.2, 0) is 11.4 Å². The highest BCUT2D eigenvalue weighted by Gasteiger charge is 2.09. The zero-order chi connectivity index (χ0) is 12.8. The van der Waals surface area contributed by atoms with Crippen LogP contribution in [0.1, 0.15) is 15.9 Å². The predicted octanol–water partition coefficient (Wildman–Crippen LogP) is 1.53. The monoisotopic (exact) mass is 243 g/mol. The minimum atomic E-state index is -0.406. The predicted molar refractivity (Wildman–Crippen MR) is 67.3 cm³/mol. The Labute approximate surface area is 105 Å². The average Bonchev–Trinajstić information content (AvgIpc) is 2.40. The summed E-state index contributed by atoms with van der Waals surface area (Å²) in [5, 5.41) is 0. The van der Waals surface area contributed by atoms with Gasteiger partial charge < -0.3 is 5.73 Å². The van der Waals surface area contributed by atoms with Gasteiger partial charge in [0, 0.05) is 6.20 Å². The van der Waals surface area contributed by atoms with Crippen LogP contribution in [0.3, 0.4) is 0 Å². The summed E-state index contributed by atoms with van der Waals surface area (Å²) in [6.45, 7) is 0.298. The lowest BCUT2D eigenvalue weighted by Gasteiger charge is -2.07. The Morgan fingerprint density at radius 3 is 2.72 bits per heavy atom. The smallest absolute Gasteiger partial charge is 0.278 e. The van der Waals surface area contributed by atoms with Crippen molar-refractivity contribution in [2.75, 3.05) is 5.73 Å². The summed E-state index contributed by atoms with van der Waals surface area (Å²) in [5.41, 5.74) is 9.17. The van der Waals surface area contributed by atoms with Gasteiger partial charge in [0.25, 0.3) is 5.91 Å². The van der Waals surface area contributed by atoms with E-state index < -0.39 is 5.91 Å². The third-order valence-electron chi connectivity index (χ3n) is 2.33. The molecule has 0 saturated heterocycles. The number of nitrogens with two attached hydrogens (primary N) is 1. The van der Waals surface area contributed by atoms with E-state index in [0.717, 1.165) is 5.56 Å². The van der Waals surface area contributed by atoms with Gasteiger partial charge in [0.05, 0.1) is 12.2 Å². The molecule has 2 aromatic rings. The van der Waals surface area contributed by atoms with Crippen LogP contribution in [0.5, 0.6) is 0 Å². The molecule has 0 aliphatic carbocycles. The van der Waals surface area contributed by atoms with Gasteiger partial charge >= 0.3 is 0 Å². The van der Waals surface area contributed by atoms with Crippen molar-refractivity contribution in [3.8, 4) is 0 Å². The number of anilines is 1. The normalized spacial score (nSPS) is 10.0. The second-order valence-electron chi connectivity index (χ2n) is 3.64. The van der Waals surface area contributed by atoms with Crippen molar-refractivity contribution in [1.82, 2.24) is 10.5 Å². The topological polar surface area (TPSA) is 77.2 Å². The van der Waals surface area contributed by atoms with E-state index in [1.807, 2.05) is 30.3 Å². The molecule has 3 N–H and O–H groups in total. The van der Waals surface area contributed by atoms with E-state index in [2.05, 4.69) is 10.5 Å². The lowest BCUT2D eigenvalue weighted by Crippen LogP contribution is -2.24. The molecule has 1 amide bonds. The number of carbonyl (C=O) groups excluding carboxylic acids is 1. The highest BCUT2D eigenvalue weighted by Crippen LogP contribution is 2.06. The fourth-order valence-electron chi connectivity index (χ4n) is 1.42. The number of benzene rings is 1. The van der Waals surface area contributed by atoms with E-state index in [0.29, 0.717) is 12.2 Å². The number of nitrogens with zero attached hydrogens (tertiary/aromatic N) is 1. The molecule has 1 heterocycles. The number of nitrogen functional groups attached to an aromatic ring is 1. The van der Waals surface area contributed by atoms with Gasteiger partial charge in [0.15, 0.2) is 0 Å². The maximum absolute atomic E-state index is 11.7. The van der Waals surface area contributed by atoms with Crippen molar-refractivity contribution in [3.63, 3.8) is 0 Å². The van der Waals surface area contributed by atoms with Crippen molar-refractivity contribution >= 4 is 11.7 Å². The maximum Gasteiger partial charge on any atom is 0.278 e. The Bertz CT molecular complexity index is 529. The Morgan fingerprint density at radius 1 is 1.22 bits per heavy atom. The molecule has 2 rings (SSSR count). The molecule has 1 aromatic carbocycles. The minimum Gasteiger partial charge on any atom is -0.383 e. The SMILES string of the molecule is Nc1ncccc1C(=O)NOCc1ccccc1. The number of hydrogen-bond acceptors (Lipinski definition) is 4. The Kier molecular flexibility index (Phi) is 3.88. The lowest BCUT2D eigenvalue weighted by molar-refractivity contribution is 0.0234. The average molecular weight is 243 g/mol. The van der Waals surface area contributed by atoms with Crippen molar-refractivity contribution in [1.29, 1.82) is 0 Å². The number of hydroxylamine groups is 1. The molecule has 0 saturated carbocycles.